The van der Waals surface area contributed by atoms with Crippen molar-refractivity contribution in [2.45, 2.75) is 0 Å². The number of amides is 1. The Morgan fingerprint density at radius 3 is 2.22 bits per heavy atom. The van der Waals surface area contributed by atoms with Crippen LogP contribution in [0.25, 0.3) is 0 Å². The summed E-state index contributed by atoms with van der Waals surface area (Å²) in [5.41, 5.74) is 6.98. The number of halogens is 2. The number of benzene rings is 1. The van der Waals surface area contributed by atoms with Gasteiger partial charge in [0.15, 0.2) is 0 Å². The second kappa shape index (κ2) is 5.25. The van der Waals surface area contributed by atoms with Crippen molar-refractivity contribution in [3.05, 3.63) is 52.3 Å². The number of hydrogen-bond donors (Lipinski definition) is 2. The number of carbonyl (C=O) groups is 1. The quantitative estimate of drug-likeness (QED) is 0.831. The molecule has 0 unspecified atom stereocenters. The summed E-state index contributed by atoms with van der Waals surface area (Å²) in [6, 6.07) is 6.75. The van der Waals surface area contributed by atoms with E-state index >= 15 is 0 Å². The normalized spacial score (nSPS) is 10.1. The monoisotopic (exact) mass is 281 g/mol. The molecule has 18 heavy (non-hydrogen) atoms. The van der Waals surface area contributed by atoms with Crippen LogP contribution in [-0.4, -0.2) is 10.9 Å². The van der Waals surface area contributed by atoms with Crippen molar-refractivity contribution in [3.63, 3.8) is 0 Å². The summed E-state index contributed by atoms with van der Waals surface area (Å²) < 4.78 is 0. The second-order valence-electron chi connectivity index (χ2n) is 3.55. The van der Waals surface area contributed by atoms with Crippen molar-refractivity contribution >= 4 is 40.5 Å². The van der Waals surface area contributed by atoms with Crippen molar-refractivity contribution in [2.24, 2.45) is 0 Å². The Hall–Kier alpha value is -1.78. The summed E-state index contributed by atoms with van der Waals surface area (Å²) in [6.45, 7) is 0. The predicted octanol–water partition coefficient (Wildman–Crippen LogP) is 3.22. The fourth-order valence-electron chi connectivity index (χ4n) is 1.39. The largest absolute Gasteiger partial charge is 0.399 e. The highest BCUT2D eigenvalue weighted by Gasteiger charge is 2.15. The number of nitrogens with zero attached hydrogens (tertiary/aromatic N) is 1. The molecule has 2 aromatic rings. The van der Waals surface area contributed by atoms with Crippen LogP contribution >= 0.6 is 23.2 Å². The summed E-state index contributed by atoms with van der Waals surface area (Å²) >= 11 is 11.8. The summed E-state index contributed by atoms with van der Waals surface area (Å²) in [4.78, 5) is 15.8. The predicted molar refractivity (Wildman–Crippen MR) is 73.1 cm³/mol. The molecule has 0 aliphatic carbocycles. The molecule has 0 aliphatic heterocycles. The van der Waals surface area contributed by atoms with Crippen molar-refractivity contribution in [3.8, 4) is 0 Å². The van der Waals surface area contributed by atoms with Gasteiger partial charge in [0.25, 0.3) is 5.91 Å². The number of nitrogen functional groups attached to an aromatic ring is 1. The Labute approximate surface area is 114 Å². The molecule has 1 heterocycles. The zero-order valence-corrected chi connectivity index (χ0v) is 10.7. The molecule has 0 saturated heterocycles. The molecule has 4 nitrogen and oxygen atoms in total. The average molecular weight is 282 g/mol. The van der Waals surface area contributed by atoms with Gasteiger partial charge in [0.05, 0.1) is 15.6 Å². The van der Waals surface area contributed by atoms with Gasteiger partial charge in [-0.05, 0) is 24.3 Å². The van der Waals surface area contributed by atoms with Crippen molar-refractivity contribution in [1.29, 1.82) is 0 Å². The highest BCUT2D eigenvalue weighted by molar-refractivity contribution is 6.40. The van der Waals surface area contributed by atoms with Crippen molar-refractivity contribution in [1.82, 2.24) is 4.98 Å². The second-order valence-corrected chi connectivity index (χ2v) is 4.37. The number of nitrogens with two attached hydrogens (primary N) is 1. The number of carbonyl (C=O) groups excluding carboxylic acids is 1. The van der Waals surface area contributed by atoms with E-state index < -0.39 is 5.91 Å². The fraction of sp³-hybridized carbons (Fsp3) is 0. The van der Waals surface area contributed by atoms with Crippen LogP contribution in [0.1, 0.15) is 10.4 Å². The van der Waals surface area contributed by atoms with Gasteiger partial charge in [-0.2, -0.15) is 0 Å². The Morgan fingerprint density at radius 2 is 1.67 bits per heavy atom. The Bertz CT molecular complexity index is 564. The van der Waals surface area contributed by atoms with E-state index in [2.05, 4.69) is 10.3 Å². The molecule has 0 fully saturated rings. The maximum absolute atomic E-state index is 12.0. The molecule has 1 aromatic carbocycles. The third-order valence-corrected chi connectivity index (χ3v) is 2.82. The SMILES string of the molecule is Nc1ccc(NC(=O)c2c(Cl)cncc2Cl)cc1. The first-order chi connectivity index (χ1) is 8.58. The van der Waals surface area contributed by atoms with Gasteiger partial charge in [-0.25, -0.2) is 0 Å². The Morgan fingerprint density at radius 1 is 1.11 bits per heavy atom. The van der Waals surface area contributed by atoms with Crippen LogP contribution in [-0.2, 0) is 0 Å². The zero-order chi connectivity index (χ0) is 13.1. The minimum Gasteiger partial charge on any atom is -0.399 e. The van der Waals surface area contributed by atoms with Gasteiger partial charge in [-0.15, -0.1) is 0 Å². The van der Waals surface area contributed by atoms with Gasteiger partial charge in [0, 0.05) is 23.8 Å². The van der Waals surface area contributed by atoms with Crippen LogP contribution in [0.2, 0.25) is 10.0 Å². The van der Waals surface area contributed by atoms with E-state index in [-0.39, 0.29) is 15.6 Å². The first kappa shape index (κ1) is 12.7. The van der Waals surface area contributed by atoms with E-state index in [4.69, 9.17) is 28.9 Å². The fourth-order valence-corrected chi connectivity index (χ4v) is 1.92. The standard InChI is InChI=1S/C12H9Cl2N3O/c13-9-5-16-6-10(14)11(9)12(18)17-8-3-1-7(15)2-4-8/h1-6H,15H2,(H,17,18). The lowest BCUT2D eigenvalue weighted by molar-refractivity contribution is 0.102. The molecule has 0 radical (unpaired) electrons. The van der Waals surface area contributed by atoms with Gasteiger partial charge >= 0.3 is 0 Å². The molecule has 6 heteroatoms. The first-order valence-corrected chi connectivity index (χ1v) is 5.79. The van der Waals surface area contributed by atoms with E-state index in [1.165, 1.54) is 12.4 Å². The van der Waals surface area contributed by atoms with Crippen LogP contribution < -0.4 is 11.1 Å². The van der Waals surface area contributed by atoms with Crippen LogP contribution in [0.4, 0.5) is 11.4 Å². The summed E-state index contributed by atoms with van der Waals surface area (Å²) in [5, 5.41) is 3.08. The van der Waals surface area contributed by atoms with E-state index in [1.807, 2.05) is 0 Å². The smallest absolute Gasteiger partial charge is 0.258 e. The van der Waals surface area contributed by atoms with E-state index in [1.54, 1.807) is 24.3 Å². The average Bonchev–Trinajstić information content (AvgIpc) is 2.32. The summed E-state index contributed by atoms with van der Waals surface area (Å²) in [5.74, 6) is -0.392. The van der Waals surface area contributed by atoms with Gasteiger partial charge in [0.1, 0.15) is 0 Å². The van der Waals surface area contributed by atoms with Crippen LogP contribution in [0.5, 0.6) is 0 Å². The Kier molecular flexibility index (Phi) is 3.69. The lowest BCUT2D eigenvalue weighted by Gasteiger charge is -2.08. The van der Waals surface area contributed by atoms with Crippen molar-refractivity contribution < 1.29 is 4.79 Å². The number of hydrogen-bond acceptors (Lipinski definition) is 3. The number of rotatable bonds is 2. The first-order valence-electron chi connectivity index (χ1n) is 5.04. The van der Waals surface area contributed by atoms with Crippen LogP contribution in [0.3, 0.4) is 0 Å². The molecular weight excluding hydrogens is 273 g/mol. The molecule has 3 N–H and O–H groups in total. The number of aromatic nitrogens is 1. The molecule has 0 spiro atoms. The highest BCUT2D eigenvalue weighted by Crippen LogP contribution is 2.24. The van der Waals surface area contributed by atoms with Crippen LogP contribution in [0, 0.1) is 0 Å². The molecule has 92 valence electrons. The molecular formula is C12H9Cl2N3O. The molecule has 0 atom stereocenters. The van der Waals surface area contributed by atoms with Gasteiger partial charge < -0.3 is 11.1 Å². The molecule has 0 bridgehead atoms. The minimum atomic E-state index is -0.392. The number of anilines is 2. The van der Waals surface area contributed by atoms with Crippen molar-refractivity contribution in [2.75, 3.05) is 11.1 Å². The Balaban J connectivity index is 2.25. The number of nitrogens with one attached hydrogen (secondary N) is 1. The van der Waals surface area contributed by atoms with Gasteiger partial charge in [-0.3, -0.25) is 9.78 Å². The minimum absolute atomic E-state index is 0.199. The van der Waals surface area contributed by atoms with E-state index in [0.717, 1.165) is 0 Å². The maximum Gasteiger partial charge on any atom is 0.258 e. The summed E-state index contributed by atoms with van der Waals surface area (Å²) in [7, 11) is 0. The number of pyridine rings is 1. The maximum atomic E-state index is 12.0. The topological polar surface area (TPSA) is 68.0 Å². The zero-order valence-electron chi connectivity index (χ0n) is 9.15. The molecule has 0 saturated carbocycles. The lowest BCUT2D eigenvalue weighted by Crippen LogP contribution is -2.13. The molecule has 1 aromatic heterocycles. The molecule has 2 rings (SSSR count). The van der Waals surface area contributed by atoms with Crippen LogP contribution in [0.15, 0.2) is 36.7 Å². The highest BCUT2D eigenvalue weighted by atomic mass is 35.5. The van der Waals surface area contributed by atoms with E-state index in [9.17, 15) is 4.79 Å². The lowest BCUT2D eigenvalue weighted by atomic mass is 10.2. The third-order valence-electron chi connectivity index (χ3n) is 2.25. The molecule has 0 aliphatic rings. The van der Waals surface area contributed by atoms with E-state index in [0.29, 0.717) is 11.4 Å². The molecule has 1 amide bonds. The third kappa shape index (κ3) is 2.72. The van der Waals surface area contributed by atoms with Gasteiger partial charge in [0.2, 0.25) is 0 Å². The summed E-state index contributed by atoms with van der Waals surface area (Å²) in [6.07, 6.45) is 2.73. The van der Waals surface area contributed by atoms with Gasteiger partial charge in [-0.1, -0.05) is 23.2 Å².